The molecule has 3 aromatic rings. The van der Waals surface area contributed by atoms with Gasteiger partial charge in [0.1, 0.15) is 11.9 Å². The van der Waals surface area contributed by atoms with Crippen LogP contribution in [-0.4, -0.2) is 59.0 Å². The number of amides is 1. The summed E-state index contributed by atoms with van der Waals surface area (Å²) in [7, 11) is 0. The van der Waals surface area contributed by atoms with Gasteiger partial charge in [-0.25, -0.2) is 19.7 Å². The number of carbonyl (C=O) groups excluding carboxylic acids is 1. The number of halogens is 1. The molecular weight excluding hydrogens is 442 g/mol. The van der Waals surface area contributed by atoms with Crippen molar-refractivity contribution in [3.8, 4) is 0 Å². The third-order valence-corrected chi connectivity index (χ3v) is 4.28. The molecule has 0 bridgehead atoms. The summed E-state index contributed by atoms with van der Waals surface area (Å²) in [5.41, 5.74) is 4.67. The van der Waals surface area contributed by atoms with Crippen LogP contribution in [0, 0.1) is 5.95 Å². The number of H-pyrrole nitrogens is 1. The number of hydrogen-bond donors (Lipinski definition) is 6. The van der Waals surface area contributed by atoms with E-state index < -0.39 is 47.4 Å². The van der Waals surface area contributed by atoms with Gasteiger partial charge in [0.15, 0.2) is 11.2 Å². The topological polar surface area (TPSA) is 226 Å². The average molecular weight is 459 g/mol. The molecule has 1 amide bonds. The molecule has 14 nitrogen and oxygen atoms in total. The predicted octanol–water partition coefficient (Wildman–Crippen LogP) is -0.511. The maximum atomic E-state index is 14.3. The number of aromatic amines is 1. The zero-order valence-electron chi connectivity index (χ0n) is 16.7. The number of nitrogens with zero attached hydrogens (tertiary/aromatic N) is 4. The summed E-state index contributed by atoms with van der Waals surface area (Å²) >= 11 is 0. The van der Waals surface area contributed by atoms with Crippen LogP contribution in [0.25, 0.3) is 11.2 Å². The Morgan fingerprint density at radius 2 is 1.94 bits per heavy atom. The van der Waals surface area contributed by atoms with Crippen molar-refractivity contribution in [3.63, 3.8) is 0 Å². The van der Waals surface area contributed by atoms with Crippen molar-refractivity contribution >= 4 is 40.8 Å². The van der Waals surface area contributed by atoms with Crippen LogP contribution in [0.3, 0.4) is 0 Å². The highest BCUT2D eigenvalue weighted by molar-refractivity contribution is 5.96. The standard InChI is InChI=1S/C18H17FN8O6/c19-13-8(15(30)24-9(17(32)33)2-4-11(28)29)1-3-10(25-13)21-5-7-6-22-14-12(23-7)16(31)27-18(20)26-14/h1,3,6,9H,2,4-5H2,(H,21,25)(H,24,30)(H,28,29)(H,32,33)(H3,20,22,26,27,31)/t9-/m0/s1/i19-1. The molecule has 0 aliphatic rings. The molecule has 0 aromatic carbocycles. The minimum absolute atomic E-state index is 0.00101. The summed E-state index contributed by atoms with van der Waals surface area (Å²) in [5, 5.41) is 22.6. The van der Waals surface area contributed by atoms with Crippen molar-refractivity contribution in [2.24, 2.45) is 0 Å². The number of rotatable bonds is 9. The highest BCUT2D eigenvalue weighted by atomic mass is 18.2. The van der Waals surface area contributed by atoms with Gasteiger partial charge in [-0.2, -0.15) is 9.37 Å². The normalized spacial score (nSPS) is 11.7. The molecule has 7 N–H and O–H groups in total. The zero-order valence-corrected chi connectivity index (χ0v) is 16.7. The number of pyridine rings is 1. The van der Waals surface area contributed by atoms with Crippen LogP contribution in [0.15, 0.2) is 23.1 Å². The number of carboxylic acids is 2. The monoisotopic (exact) mass is 459 g/mol. The first kappa shape index (κ1) is 23.0. The Bertz CT molecular complexity index is 1300. The zero-order chi connectivity index (χ0) is 24.1. The molecule has 3 rings (SSSR count). The molecule has 0 radical (unpaired) electrons. The van der Waals surface area contributed by atoms with Crippen LogP contribution in [0.2, 0.25) is 0 Å². The number of aliphatic carboxylic acids is 2. The van der Waals surface area contributed by atoms with Crippen molar-refractivity contribution in [1.29, 1.82) is 0 Å². The van der Waals surface area contributed by atoms with E-state index >= 15 is 0 Å². The molecule has 172 valence electrons. The van der Waals surface area contributed by atoms with Crippen molar-refractivity contribution in [2.75, 3.05) is 11.1 Å². The van der Waals surface area contributed by atoms with Crippen molar-refractivity contribution < 1.29 is 29.0 Å². The van der Waals surface area contributed by atoms with Crippen LogP contribution in [0.1, 0.15) is 28.9 Å². The van der Waals surface area contributed by atoms with Gasteiger partial charge in [-0.3, -0.25) is 19.4 Å². The smallest absolute Gasteiger partial charge is 0.326 e. The second-order valence-corrected chi connectivity index (χ2v) is 6.67. The minimum atomic E-state index is -1.51. The van der Waals surface area contributed by atoms with E-state index in [1.54, 1.807) is 0 Å². The molecular formula is C18H17FN8O6. The van der Waals surface area contributed by atoms with Gasteiger partial charge in [-0.15, -0.1) is 0 Å². The number of carboxylic acid groups (broad SMARTS) is 2. The van der Waals surface area contributed by atoms with Crippen molar-refractivity contribution in [2.45, 2.75) is 25.4 Å². The van der Waals surface area contributed by atoms with Crippen LogP contribution in [-0.2, 0) is 16.1 Å². The number of nitrogens with two attached hydrogens (primary N) is 1. The molecule has 0 fully saturated rings. The predicted molar refractivity (Wildman–Crippen MR) is 110 cm³/mol. The number of nitrogen functional groups attached to an aromatic ring is 1. The Labute approximate surface area is 183 Å². The first-order valence-corrected chi connectivity index (χ1v) is 9.31. The molecule has 3 aromatic heterocycles. The van der Waals surface area contributed by atoms with Crippen LogP contribution in [0.5, 0.6) is 0 Å². The number of carbonyl (C=O) groups is 3. The summed E-state index contributed by atoms with van der Waals surface area (Å²) in [6.07, 6.45) is 0.471. The molecule has 0 spiro atoms. The fourth-order valence-electron chi connectivity index (χ4n) is 2.70. The van der Waals surface area contributed by atoms with E-state index in [0.29, 0.717) is 5.69 Å². The van der Waals surface area contributed by atoms with Crippen molar-refractivity contribution in [3.05, 3.63) is 45.9 Å². The lowest BCUT2D eigenvalue weighted by atomic mass is 10.1. The molecule has 0 aliphatic heterocycles. The maximum Gasteiger partial charge on any atom is 0.326 e. The summed E-state index contributed by atoms with van der Waals surface area (Å²) < 4.78 is 14.3. The van der Waals surface area contributed by atoms with E-state index in [9.17, 15) is 23.6 Å². The Balaban J connectivity index is 1.68. The van der Waals surface area contributed by atoms with E-state index in [-0.39, 0.29) is 35.9 Å². The second-order valence-electron chi connectivity index (χ2n) is 6.67. The first-order chi connectivity index (χ1) is 15.6. The van der Waals surface area contributed by atoms with E-state index in [4.69, 9.17) is 15.9 Å². The molecule has 3 heterocycles. The van der Waals surface area contributed by atoms with Gasteiger partial charge in [0.2, 0.25) is 11.9 Å². The first-order valence-electron chi connectivity index (χ1n) is 9.31. The molecule has 0 aliphatic carbocycles. The average Bonchev–Trinajstić information content (AvgIpc) is 2.74. The fourth-order valence-corrected chi connectivity index (χ4v) is 2.70. The Morgan fingerprint density at radius 3 is 2.61 bits per heavy atom. The highest BCUT2D eigenvalue weighted by Gasteiger charge is 2.23. The lowest BCUT2D eigenvalue weighted by Crippen LogP contribution is -2.41. The summed E-state index contributed by atoms with van der Waals surface area (Å²) in [6, 6.07) is 0.846. The number of nitrogens with one attached hydrogen (secondary N) is 3. The Morgan fingerprint density at radius 1 is 1.18 bits per heavy atom. The summed E-state index contributed by atoms with van der Waals surface area (Å²) in [5.74, 6) is -5.01. The molecule has 0 saturated heterocycles. The quantitative estimate of drug-likeness (QED) is 0.222. The highest BCUT2D eigenvalue weighted by Crippen LogP contribution is 2.12. The Kier molecular flexibility index (Phi) is 6.71. The molecule has 33 heavy (non-hydrogen) atoms. The number of anilines is 2. The van der Waals surface area contributed by atoms with Gasteiger partial charge < -0.3 is 26.6 Å². The van der Waals surface area contributed by atoms with Crippen LogP contribution < -0.4 is 21.9 Å². The van der Waals surface area contributed by atoms with Gasteiger partial charge in [-0.05, 0) is 18.6 Å². The van der Waals surface area contributed by atoms with Gasteiger partial charge in [0.05, 0.1) is 24.0 Å². The summed E-state index contributed by atoms with van der Waals surface area (Å²) in [6.45, 7) is 0.00101. The van der Waals surface area contributed by atoms with E-state index in [1.807, 2.05) is 0 Å². The molecule has 15 heteroatoms. The lowest BCUT2D eigenvalue weighted by molar-refractivity contribution is -0.140. The number of hydrogen-bond acceptors (Lipinski definition) is 10. The number of fused-ring (bicyclic) bond motifs is 1. The van der Waals surface area contributed by atoms with Crippen molar-refractivity contribution in [1.82, 2.24) is 30.2 Å². The van der Waals surface area contributed by atoms with E-state index in [0.717, 1.165) is 6.07 Å². The largest absolute Gasteiger partial charge is 0.481 e. The van der Waals surface area contributed by atoms with E-state index in [1.165, 1.54) is 12.3 Å². The van der Waals surface area contributed by atoms with E-state index in [2.05, 4.69) is 35.6 Å². The second kappa shape index (κ2) is 9.63. The lowest BCUT2D eigenvalue weighted by Gasteiger charge is -2.14. The number of aromatic nitrogens is 5. The van der Waals surface area contributed by atoms with Gasteiger partial charge in [0.25, 0.3) is 11.5 Å². The summed E-state index contributed by atoms with van der Waals surface area (Å²) in [4.78, 5) is 63.8. The van der Waals surface area contributed by atoms with Gasteiger partial charge in [-0.1, -0.05) is 0 Å². The van der Waals surface area contributed by atoms with Crippen LogP contribution >= 0.6 is 0 Å². The Hall–Kier alpha value is -4.69. The fraction of sp³-hybridized carbons (Fsp3) is 0.222. The molecule has 1 atom stereocenters. The molecule has 0 saturated carbocycles. The third kappa shape index (κ3) is 5.72. The van der Waals surface area contributed by atoms with Gasteiger partial charge in [0, 0.05) is 6.42 Å². The molecule has 0 unspecified atom stereocenters. The maximum absolute atomic E-state index is 14.3. The third-order valence-electron chi connectivity index (χ3n) is 4.28. The van der Waals surface area contributed by atoms with Crippen LogP contribution in [0.4, 0.5) is 16.2 Å². The SMILES string of the molecule is Nc1nc2ncc(CNc3ccc(C(=O)N[C@@H](CCC(=O)O)C(=O)O)c([18F])n3)nc2c(=O)[nH]1. The van der Waals surface area contributed by atoms with Gasteiger partial charge >= 0.3 is 11.9 Å². The minimum Gasteiger partial charge on any atom is -0.481 e.